The van der Waals surface area contributed by atoms with Gasteiger partial charge in [-0.25, -0.2) is 0 Å². The van der Waals surface area contributed by atoms with Crippen LogP contribution < -0.4 is 5.32 Å². The maximum atomic E-state index is 12.5. The van der Waals surface area contributed by atoms with Gasteiger partial charge in [-0.2, -0.15) is 0 Å². The van der Waals surface area contributed by atoms with E-state index in [0.717, 1.165) is 0 Å². The molecule has 0 saturated carbocycles. The van der Waals surface area contributed by atoms with Gasteiger partial charge in [0.1, 0.15) is 17.0 Å². The van der Waals surface area contributed by atoms with Gasteiger partial charge < -0.3 is 14.9 Å². The smallest absolute Gasteiger partial charge is 0.257 e. The first-order valence-corrected chi connectivity index (χ1v) is 7.57. The highest BCUT2D eigenvalue weighted by atomic mass is 35.5. The normalized spacial score (nSPS) is 12.2. The van der Waals surface area contributed by atoms with Crippen LogP contribution in [0.2, 0.25) is 10.0 Å². The number of aliphatic hydroxyl groups is 1. The van der Waals surface area contributed by atoms with E-state index in [2.05, 4.69) is 10.5 Å². The van der Waals surface area contributed by atoms with Gasteiger partial charge in [-0.05, 0) is 25.5 Å². The summed E-state index contributed by atoms with van der Waals surface area (Å²) in [7, 11) is 0. The van der Waals surface area contributed by atoms with Crippen LogP contribution in [0, 0.1) is 6.92 Å². The Balaban J connectivity index is 2.47. The molecule has 7 heteroatoms. The lowest BCUT2D eigenvalue weighted by molar-refractivity contribution is 0.0914. The number of rotatable bonds is 5. The van der Waals surface area contributed by atoms with Crippen LogP contribution in [0.4, 0.5) is 0 Å². The van der Waals surface area contributed by atoms with E-state index in [-0.39, 0.29) is 24.1 Å². The third-order valence-corrected chi connectivity index (χ3v) is 3.97. The highest BCUT2D eigenvalue weighted by Gasteiger charge is 2.25. The van der Waals surface area contributed by atoms with Crippen molar-refractivity contribution in [1.29, 1.82) is 0 Å². The molecule has 0 fully saturated rings. The van der Waals surface area contributed by atoms with Crippen LogP contribution in [-0.2, 0) is 0 Å². The van der Waals surface area contributed by atoms with Crippen molar-refractivity contribution in [3.63, 3.8) is 0 Å². The molecule has 5 nitrogen and oxygen atoms in total. The van der Waals surface area contributed by atoms with Crippen LogP contribution in [0.5, 0.6) is 0 Å². The minimum absolute atomic E-state index is 0.144. The second-order valence-corrected chi connectivity index (χ2v) is 5.63. The summed E-state index contributed by atoms with van der Waals surface area (Å²) in [6, 6.07) is 4.70. The molecule has 0 radical (unpaired) electrons. The Kier molecular flexibility index (Phi) is 5.45. The van der Waals surface area contributed by atoms with Gasteiger partial charge in [-0.3, -0.25) is 4.79 Å². The van der Waals surface area contributed by atoms with E-state index in [0.29, 0.717) is 33.5 Å². The molecule has 2 rings (SSSR count). The Hall–Kier alpha value is -1.56. The highest BCUT2D eigenvalue weighted by molar-refractivity contribution is 6.39. The summed E-state index contributed by atoms with van der Waals surface area (Å²) >= 11 is 12.3. The summed E-state index contributed by atoms with van der Waals surface area (Å²) in [6.45, 7) is 3.36. The van der Waals surface area contributed by atoms with Gasteiger partial charge >= 0.3 is 0 Å². The van der Waals surface area contributed by atoms with Gasteiger partial charge in [0.05, 0.1) is 22.7 Å². The van der Waals surface area contributed by atoms with Crippen LogP contribution in [0.3, 0.4) is 0 Å². The summed E-state index contributed by atoms with van der Waals surface area (Å²) in [5.41, 5.74) is 1.00. The van der Waals surface area contributed by atoms with Gasteiger partial charge in [-0.1, -0.05) is 41.3 Å². The number of nitrogens with one attached hydrogen (secondary N) is 1. The van der Waals surface area contributed by atoms with Crippen LogP contribution >= 0.6 is 23.2 Å². The van der Waals surface area contributed by atoms with Gasteiger partial charge in [0.2, 0.25) is 0 Å². The molecule has 1 atom stereocenters. The molecule has 0 aliphatic heterocycles. The van der Waals surface area contributed by atoms with Crippen molar-refractivity contribution in [2.45, 2.75) is 26.3 Å². The van der Waals surface area contributed by atoms with E-state index in [1.807, 2.05) is 6.92 Å². The Bertz CT molecular complexity index is 661. The maximum absolute atomic E-state index is 12.5. The Labute approximate surface area is 138 Å². The van der Waals surface area contributed by atoms with E-state index < -0.39 is 0 Å². The van der Waals surface area contributed by atoms with E-state index in [1.165, 1.54) is 0 Å². The fraction of sp³-hybridized carbons (Fsp3) is 0.333. The molecule has 1 heterocycles. The molecular weight excluding hydrogens is 327 g/mol. The second-order valence-electron chi connectivity index (χ2n) is 4.82. The lowest BCUT2D eigenvalue weighted by atomic mass is 10.0. The molecule has 1 aromatic heterocycles. The standard InChI is InChI=1S/C15H16Cl2N2O3/c1-3-9(7-20)18-15(21)12-8(2)22-19-14(12)13-10(16)5-4-6-11(13)17/h4-6,9,20H,3,7H2,1-2H3,(H,18,21). The fourth-order valence-electron chi connectivity index (χ4n) is 2.07. The van der Waals surface area contributed by atoms with Crippen molar-refractivity contribution in [2.24, 2.45) is 0 Å². The number of nitrogens with zero attached hydrogens (tertiary/aromatic N) is 1. The monoisotopic (exact) mass is 342 g/mol. The number of halogens is 2. The number of benzene rings is 1. The number of carbonyl (C=O) groups is 1. The number of aromatic nitrogens is 1. The molecule has 1 aromatic carbocycles. The molecule has 0 aliphatic carbocycles. The van der Waals surface area contributed by atoms with Gasteiger partial charge in [0.25, 0.3) is 5.91 Å². The summed E-state index contributed by atoms with van der Waals surface area (Å²) in [4.78, 5) is 12.5. The van der Waals surface area contributed by atoms with Crippen molar-refractivity contribution >= 4 is 29.1 Å². The first-order chi connectivity index (χ1) is 10.5. The zero-order valence-electron chi connectivity index (χ0n) is 12.2. The molecule has 2 N–H and O–H groups in total. The minimum Gasteiger partial charge on any atom is -0.394 e. The zero-order chi connectivity index (χ0) is 16.3. The highest BCUT2D eigenvalue weighted by Crippen LogP contribution is 2.36. The van der Waals surface area contributed by atoms with Crippen LogP contribution in [0.1, 0.15) is 29.5 Å². The van der Waals surface area contributed by atoms with Crippen molar-refractivity contribution in [3.05, 3.63) is 39.6 Å². The average Bonchev–Trinajstić information content (AvgIpc) is 2.86. The molecule has 0 bridgehead atoms. The third kappa shape index (κ3) is 3.27. The van der Waals surface area contributed by atoms with E-state index in [4.69, 9.17) is 27.7 Å². The number of amides is 1. The number of carbonyl (C=O) groups excluding carboxylic acids is 1. The quantitative estimate of drug-likeness (QED) is 0.872. The molecule has 0 saturated heterocycles. The van der Waals surface area contributed by atoms with Crippen LogP contribution in [-0.4, -0.2) is 28.8 Å². The Morgan fingerprint density at radius 2 is 2.05 bits per heavy atom. The van der Waals surface area contributed by atoms with Crippen LogP contribution in [0.25, 0.3) is 11.3 Å². The first-order valence-electron chi connectivity index (χ1n) is 6.81. The number of hydrogen-bond donors (Lipinski definition) is 2. The summed E-state index contributed by atoms with van der Waals surface area (Å²) in [5.74, 6) is -0.0260. The lowest BCUT2D eigenvalue weighted by Crippen LogP contribution is -2.37. The maximum Gasteiger partial charge on any atom is 0.257 e. The van der Waals surface area contributed by atoms with Crippen molar-refractivity contribution < 1.29 is 14.4 Å². The molecule has 22 heavy (non-hydrogen) atoms. The van der Waals surface area contributed by atoms with E-state index in [9.17, 15) is 9.90 Å². The number of aliphatic hydroxyl groups excluding tert-OH is 1. The molecule has 0 aliphatic rings. The van der Waals surface area contributed by atoms with Crippen molar-refractivity contribution in [1.82, 2.24) is 10.5 Å². The summed E-state index contributed by atoms with van der Waals surface area (Å²) in [5, 5.41) is 16.6. The molecule has 2 aromatic rings. The average molecular weight is 343 g/mol. The topological polar surface area (TPSA) is 75.4 Å². The SMILES string of the molecule is CCC(CO)NC(=O)c1c(-c2c(Cl)cccc2Cl)noc1C. The largest absolute Gasteiger partial charge is 0.394 e. The van der Waals surface area contributed by atoms with Crippen molar-refractivity contribution in [3.8, 4) is 11.3 Å². The zero-order valence-corrected chi connectivity index (χ0v) is 13.7. The number of hydrogen-bond acceptors (Lipinski definition) is 4. The molecular formula is C15H16Cl2N2O3. The second kappa shape index (κ2) is 7.13. The van der Waals surface area contributed by atoms with Gasteiger partial charge in [0.15, 0.2) is 0 Å². The van der Waals surface area contributed by atoms with Crippen molar-refractivity contribution in [2.75, 3.05) is 6.61 Å². The Morgan fingerprint density at radius 3 is 2.59 bits per heavy atom. The fourth-order valence-corrected chi connectivity index (χ4v) is 2.65. The predicted octanol–water partition coefficient (Wildman–Crippen LogP) is 3.46. The number of aryl methyl sites for hydroxylation is 1. The summed E-state index contributed by atoms with van der Waals surface area (Å²) < 4.78 is 5.14. The van der Waals surface area contributed by atoms with E-state index in [1.54, 1.807) is 25.1 Å². The Morgan fingerprint density at radius 1 is 1.41 bits per heavy atom. The van der Waals surface area contributed by atoms with E-state index >= 15 is 0 Å². The minimum atomic E-state index is -0.384. The molecule has 0 spiro atoms. The lowest BCUT2D eigenvalue weighted by Gasteiger charge is -2.14. The van der Waals surface area contributed by atoms with Gasteiger partial charge in [0, 0.05) is 5.56 Å². The molecule has 1 unspecified atom stereocenters. The van der Waals surface area contributed by atoms with Gasteiger partial charge in [-0.15, -0.1) is 0 Å². The molecule has 1 amide bonds. The van der Waals surface area contributed by atoms with Crippen LogP contribution in [0.15, 0.2) is 22.7 Å². The third-order valence-electron chi connectivity index (χ3n) is 3.34. The molecule has 118 valence electrons. The first kappa shape index (κ1) is 16.8. The predicted molar refractivity (Wildman–Crippen MR) is 85.3 cm³/mol. The summed E-state index contributed by atoms with van der Waals surface area (Å²) in [6.07, 6.45) is 0.606.